The van der Waals surface area contributed by atoms with Gasteiger partial charge in [0.1, 0.15) is 5.82 Å². The van der Waals surface area contributed by atoms with Gasteiger partial charge in [-0.1, -0.05) is 0 Å². The summed E-state index contributed by atoms with van der Waals surface area (Å²) >= 11 is 0. The van der Waals surface area contributed by atoms with Crippen LogP contribution in [0.15, 0.2) is 23.2 Å². The summed E-state index contributed by atoms with van der Waals surface area (Å²) in [4.78, 5) is 5.29. The van der Waals surface area contributed by atoms with E-state index in [0.717, 1.165) is 0 Å². The van der Waals surface area contributed by atoms with Crippen molar-refractivity contribution in [3.8, 4) is 0 Å². The number of pyridine rings is 1. The molecular formula is C7H12N2S. The van der Waals surface area contributed by atoms with Gasteiger partial charge in [-0.3, -0.25) is 0 Å². The van der Waals surface area contributed by atoms with Crippen LogP contribution < -0.4 is 5.73 Å². The summed E-state index contributed by atoms with van der Waals surface area (Å²) < 4.78 is 0. The van der Waals surface area contributed by atoms with Crippen LogP contribution in [0.5, 0.6) is 0 Å². The zero-order chi connectivity index (χ0) is 7.56. The molecule has 0 aliphatic heterocycles. The van der Waals surface area contributed by atoms with Crippen molar-refractivity contribution in [3.63, 3.8) is 0 Å². The minimum atomic E-state index is -0.0260. The van der Waals surface area contributed by atoms with Gasteiger partial charge in [0.25, 0.3) is 0 Å². The highest BCUT2D eigenvalue weighted by Gasteiger charge is 1.93. The van der Waals surface area contributed by atoms with Crippen LogP contribution in [0, 0.1) is 0 Å². The zero-order valence-electron chi connectivity index (χ0n) is 6.20. The molecule has 2 nitrogen and oxygen atoms in total. The maximum Gasteiger partial charge on any atom is 0.123 e. The molecule has 0 spiro atoms. The molecule has 0 atom stereocenters. The lowest BCUT2D eigenvalue weighted by Crippen LogP contribution is -1.89. The fraction of sp³-hybridized carbons (Fsp3) is 0.286. The first kappa shape index (κ1) is 7.41. The van der Waals surface area contributed by atoms with E-state index in [1.807, 2.05) is 18.3 Å². The van der Waals surface area contributed by atoms with E-state index in [9.17, 15) is 0 Å². The number of hydrogen-bond donors (Lipinski definition) is 2. The van der Waals surface area contributed by atoms with E-state index >= 15 is 0 Å². The summed E-state index contributed by atoms with van der Waals surface area (Å²) in [6.45, 7) is 0. The lowest BCUT2D eigenvalue weighted by molar-refractivity contribution is 1.25. The molecule has 1 heterocycles. The van der Waals surface area contributed by atoms with Crippen molar-refractivity contribution >= 4 is 16.7 Å². The lowest BCUT2D eigenvalue weighted by Gasteiger charge is -2.07. The monoisotopic (exact) mass is 156 g/mol. The Morgan fingerprint density at radius 2 is 2.10 bits per heavy atom. The van der Waals surface area contributed by atoms with Gasteiger partial charge in [0.2, 0.25) is 0 Å². The Morgan fingerprint density at radius 3 is 2.50 bits per heavy atom. The quantitative estimate of drug-likeness (QED) is 0.601. The van der Waals surface area contributed by atoms with Crippen LogP contribution in [0.25, 0.3) is 0 Å². The topological polar surface area (TPSA) is 38.9 Å². The fourth-order valence-electron chi connectivity index (χ4n) is 0.662. The van der Waals surface area contributed by atoms with Crippen molar-refractivity contribution in [1.29, 1.82) is 0 Å². The predicted octanol–water partition coefficient (Wildman–Crippen LogP) is 1.28. The second kappa shape index (κ2) is 2.92. The van der Waals surface area contributed by atoms with Gasteiger partial charge < -0.3 is 5.73 Å². The van der Waals surface area contributed by atoms with Crippen LogP contribution in [-0.4, -0.2) is 17.5 Å². The molecule has 56 valence electrons. The molecule has 0 amide bonds. The number of hydrogen-bond acceptors (Lipinski definition) is 2. The molecule has 0 unspecified atom stereocenters. The van der Waals surface area contributed by atoms with Crippen molar-refractivity contribution in [2.24, 2.45) is 0 Å². The Morgan fingerprint density at radius 1 is 1.40 bits per heavy atom. The molecule has 1 aromatic heterocycles. The van der Waals surface area contributed by atoms with Gasteiger partial charge in [-0.05, 0) is 24.6 Å². The fourth-order valence-corrected chi connectivity index (χ4v) is 1.32. The van der Waals surface area contributed by atoms with Crippen LogP contribution in [0.4, 0.5) is 5.82 Å². The third-order valence-electron chi connectivity index (χ3n) is 1.29. The molecule has 0 aliphatic carbocycles. The molecule has 0 saturated heterocycles. The van der Waals surface area contributed by atoms with E-state index in [0.29, 0.717) is 5.82 Å². The predicted molar refractivity (Wildman–Crippen MR) is 47.7 cm³/mol. The summed E-state index contributed by atoms with van der Waals surface area (Å²) in [5, 5.41) is 0. The molecule has 0 bridgehead atoms. The summed E-state index contributed by atoms with van der Waals surface area (Å²) in [6, 6.07) is 3.88. The lowest BCUT2D eigenvalue weighted by atomic mass is 10.5. The van der Waals surface area contributed by atoms with Gasteiger partial charge in [0, 0.05) is 11.1 Å². The van der Waals surface area contributed by atoms with Gasteiger partial charge in [-0.2, -0.15) is 0 Å². The number of anilines is 1. The maximum atomic E-state index is 5.42. The summed E-state index contributed by atoms with van der Waals surface area (Å²) in [6.07, 6.45) is 6.24. The minimum absolute atomic E-state index is 0.0260. The molecular weight excluding hydrogens is 144 g/mol. The van der Waals surface area contributed by atoms with Crippen molar-refractivity contribution < 1.29 is 0 Å². The van der Waals surface area contributed by atoms with Gasteiger partial charge in [0.05, 0.1) is 0 Å². The first-order valence-corrected chi connectivity index (χ1v) is 5.32. The van der Waals surface area contributed by atoms with Crippen molar-refractivity contribution in [2.45, 2.75) is 4.90 Å². The Kier molecular flexibility index (Phi) is 2.17. The first-order chi connectivity index (χ1) is 4.70. The van der Waals surface area contributed by atoms with E-state index in [1.54, 1.807) is 0 Å². The zero-order valence-corrected chi connectivity index (χ0v) is 7.10. The molecule has 0 saturated carbocycles. The number of aromatic nitrogens is 1. The second-order valence-corrected chi connectivity index (χ2v) is 4.64. The third-order valence-corrected chi connectivity index (χ3v) is 2.58. The molecule has 1 rings (SSSR count). The van der Waals surface area contributed by atoms with E-state index in [1.165, 1.54) is 4.90 Å². The molecule has 0 fully saturated rings. The van der Waals surface area contributed by atoms with Gasteiger partial charge in [-0.25, -0.2) is 15.9 Å². The number of nitrogen functional groups attached to an aromatic ring is 1. The highest BCUT2D eigenvalue weighted by Crippen LogP contribution is 2.26. The van der Waals surface area contributed by atoms with Crippen LogP contribution in [0.3, 0.4) is 0 Å². The largest absolute Gasteiger partial charge is 0.384 e. The SMILES string of the molecule is C[SH](C)c1ccc(N)nc1. The summed E-state index contributed by atoms with van der Waals surface area (Å²) in [7, 11) is -0.0260. The highest BCUT2D eigenvalue weighted by atomic mass is 32.2. The Hall–Kier alpha value is -0.700. The number of nitrogens with two attached hydrogens (primary N) is 1. The van der Waals surface area contributed by atoms with E-state index in [4.69, 9.17) is 5.73 Å². The van der Waals surface area contributed by atoms with Gasteiger partial charge >= 0.3 is 0 Å². The van der Waals surface area contributed by atoms with Crippen LogP contribution in [0.2, 0.25) is 0 Å². The Bertz CT molecular complexity index is 205. The molecule has 2 N–H and O–H groups in total. The maximum absolute atomic E-state index is 5.42. The number of nitrogens with zero attached hydrogens (tertiary/aromatic N) is 1. The standard InChI is InChI=1S/C7H12N2S/c1-10(2)6-3-4-7(8)9-5-6/h3-5,10H,1-2H3,(H2,8,9). The molecule has 0 aliphatic rings. The number of thiol groups is 1. The van der Waals surface area contributed by atoms with Crippen LogP contribution in [-0.2, 0) is 0 Å². The van der Waals surface area contributed by atoms with Gasteiger partial charge in [0.15, 0.2) is 0 Å². The van der Waals surface area contributed by atoms with Crippen LogP contribution in [0.1, 0.15) is 0 Å². The first-order valence-electron chi connectivity index (χ1n) is 3.09. The average molecular weight is 156 g/mol. The average Bonchev–Trinajstić information content (AvgIpc) is 1.88. The van der Waals surface area contributed by atoms with Gasteiger partial charge in [-0.15, -0.1) is 0 Å². The molecule has 1 aromatic rings. The van der Waals surface area contributed by atoms with E-state index in [2.05, 4.69) is 17.5 Å². The normalized spacial score (nSPS) is 11.2. The molecule has 0 radical (unpaired) electrons. The van der Waals surface area contributed by atoms with Crippen molar-refractivity contribution in [1.82, 2.24) is 4.98 Å². The highest BCUT2D eigenvalue weighted by molar-refractivity contribution is 8.15. The summed E-state index contributed by atoms with van der Waals surface area (Å²) in [5.74, 6) is 0.598. The van der Waals surface area contributed by atoms with Crippen LogP contribution >= 0.6 is 10.9 Å². The molecule has 10 heavy (non-hydrogen) atoms. The molecule has 0 aromatic carbocycles. The Balaban J connectivity index is 2.89. The number of rotatable bonds is 1. The minimum Gasteiger partial charge on any atom is -0.384 e. The second-order valence-electron chi connectivity index (χ2n) is 2.34. The smallest absolute Gasteiger partial charge is 0.123 e. The molecule has 3 heteroatoms. The summed E-state index contributed by atoms with van der Waals surface area (Å²) in [5.41, 5.74) is 5.42. The third kappa shape index (κ3) is 1.64. The van der Waals surface area contributed by atoms with E-state index < -0.39 is 0 Å². The van der Waals surface area contributed by atoms with Crippen molar-refractivity contribution in [2.75, 3.05) is 18.2 Å². The Labute approximate surface area is 63.8 Å². The van der Waals surface area contributed by atoms with E-state index in [-0.39, 0.29) is 10.9 Å². The van der Waals surface area contributed by atoms with Crippen molar-refractivity contribution in [3.05, 3.63) is 18.3 Å².